The Hall–Kier alpha value is -0.120. The fraction of sp³-hybridized carbons (Fsp3) is 1.00. The lowest BCUT2D eigenvalue weighted by Gasteiger charge is -2.25. The molecule has 1 rings (SSSR count). The topological polar surface area (TPSA) is 49.5 Å². The second-order valence-electron chi connectivity index (χ2n) is 2.29. The molecule has 1 fully saturated rings. The smallest absolute Gasteiger partial charge is 0.0681 e. The lowest BCUT2D eigenvalue weighted by Crippen LogP contribution is -2.42. The van der Waals surface area contributed by atoms with Crippen LogP contribution in [0.15, 0.2) is 0 Å². The highest BCUT2D eigenvalue weighted by molar-refractivity contribution is 4.66. The molecule has 0 saturated carbocycles. The minimum absolute atomic E-state index is 0.186. The molecule has 0 aromatic heterocycles. The van der Waals surface area contributed by atoms with Crippen LogP contribution in [-0.4, -0.2) is 29.3 Å². The van der Waals surface area contributed by atoms with Gasteiger partial charge in [-0.25, -0.2) is 5.01 Å². The predicted molar refractivity (Wildman–Crippen MR) is 31.0 cm³/mol. The van der Waals surface area contributed by atoms with Gasteiger partial charge in [-0.15, -0.1) is 0 Å². The lowest BCUT2D eigenvalue weighted by molar-refractivity contribution is 0.0710. The van der Waals surface area contributed by atoms with Crippen molar-refractivity contribution in [2.24, 2.45) is 5.84 Å². The predicted octanol–water partition coefficient (Wildman–Crippen LogP) is -0.683. The summed E-state index contributed by atoms with van der Waals surface area (Å²) in [6, 6.07) is 0. The van der Waals surface area contributed by atoms with E-state index in [-0.39, 0.29) is 6.10 Å². The molecule has 0 radical (unpaired) electrons. The maximum atomic E-state index is 8.96. The summed E-state index contributed by atoms with van der Waals surface area (Å²) in [5, 5.41) is 10.6. The molecule has 0 aliphatic carbocycles. The monoisotopic (exact) mass is 116 g/mol. The molecule has 1 aliphatic heterocycles. The second kappa shape index (κ2) is 2.44. The Labute approximate surface area is 49.1 Å². The van der Waals surface area contributed by atoms with E-state index < -0.39 is 0 Å². The van der Waals surface area contributed by atoms with Gasteiger partial charge in [0, 0.05) is 13.1 Å². The number of hydrazine groups is 1. The van der Waals surface area contributed by atoms with Crippen molar-refractivity contribution in [3.63, 3.8) is 0 Å². The molecule has 0 aromatic carbocycles. The van der Waals surface area contributed by atoms with E-state index >= 15 is 0 Å². The number of piperidine rings is 1. The summed E-state index contributed by atoms with van der Waals surface area (Å²) in [6.45, 7) is 1.57. The van der Waals surface area contributed by atoms with Crippen molar-refractivity contribution in [2.45, 2.75) is 18.9 Å². The van der Waals surface area contributed by atoms with Gasteiger partial charge in [-0.05, 0) is 12.8 Å². The summed E-state index contributed by atoms with van der Waals surface area (Å²) in [5.41, 5.74) is 0. The molecule has 3 nitrogen and oxygen atoms in total. The van der Waals surface area contributed by atoms with Crippen LogP contribution in [-0.2, 0) is 0 Å². The van der Waals surface area contributed by atoms with E-state index in [1.165, 1.54) is 0 Å². The third-order valence-electron chi connectivity index (χ3n) is 1.43. The Morgan fingerprint density at radius 3 is 2.75 bits per heavy atom. The van der Waals surface area contributed by atoms with Crippen LogP contribution < -0.4 is 5.84 Å². The van der Waals surface area contributed by atoms with E-state index in [0.717, 1.165) is 19.4 Å². The van der Waals surface area contributed by atoms with Crippen LogP contribution in [0.4, 0.5) is 0 Å². The minimum atomic E-state index is -0.186. The third kappa shape index (κ3) is 1.43. The lowest BCUT2D eigenvalue weighted by atomic mass is 10.1. The van der Waals surface area contributed by atoms with Gasteiger partial charge in [-0.3, -0.25) is 5.84 Å². The number of aliphatic hydroxyl groups is 1. The quantitative estimate of drug-likeness (QED) is 0.412. The van der Waals surface area contributed by atoms with Crippen LogP contribution in [0.3, 0.4) is 0 Å². The van der Waals surface area contributed by atoms with Gasteiger partial charge in [0.25, 0.3) is 0 Å². The zero-order valence-corrected chi connectivity index (χ0v) is 4.88. The molecule has 0 spiro atoms. The van der Waals surface area contributed by atoms with Crippen molar-refractivity contribution in [3.05, 3.63) is 0 Å². The average molecular weight is 116 g/mol. The summed E-state index contributed by atoms with van der Waals surface area (Å²) in [5.74, 6) is 5.40. The van der Waals surface area contributed by atoms with Crippen molar-refractivity contribution >= 4 is 0 Å². The molecule has 1 aliphatic rings. The van der Waals surface area contributed by atoms with Crippen LogP contribution in [0, 0.1) is 0 Å². The zero-order valence-electron chi connectivity index (χ0n) is 4.88. The van der Waals surface area contributed by atoms with E-state index in [2.05, 4.69) is 0 Å². The van der Waals surface area contributed by atoms with Gasteiger partial charge in [-0.2, -0.15) is 0 Å². The van der Waals surface area contributed by atoms with Crippen molar-refractivity contribution in [2.75, 3.05) is 13.1 Å². The van der Waals surface area contributed by atoms with E-state index in [1.807, 2.05) is 0 Å². The Bertz CT molecular complexity index is 68.8. The number of aliphatic hydroxyl groups excluding tert-OH is 1. The van der Waals surface area contributed by atoms with Crippen LogP contribution in [0.25, 0.3) is 0 Å². The van der Waals surface area contributed by atoms with Gasteiger partial charge in [0.05, 0.1) is 6.10 Å². The van der Waals surface area contributed by atoms with Crippen molar-refractivity contribution in [1.29, 1.82) is 0 Å². The highest BCUT2D eigenvalue weighted by Crippen LogP contribution is 2.04. The Kier molecular flexibility index (Phi) is 1.83. The standard InChI is InChI=1S/C5H12N2O/c6-7-3-1-2-5(8)4-7/h5,8H,1-4,6H2/t5-/m0/s1. The molecule has 3 heteroatoms. The summed E-state index contributed by atoms with van der Waals surface area (Å²) in [4.78, 5) is 0. The normalized spacial score (nSPS) is 33.0. The first kappa shape index (κ1) is 6.01. The van der Waals surface area contributed by atoms with Gasteiger partial charge < -0.3 is 5.11 Å². The number of nitrogens with zero attached hydrogens (tertiary/aromatic N) is 1. The van der Waals surface area contributed by atoms with Crippen LogP contribution >= 0.6 is 0 Å². The fourth-order valence-corrected chi connectivity index (χ4v) is 0.983. The molecule has 0 unspecified atom stereocenters. The summed E-state index contributed by atoms with van der Waals surface area (Å²) >= 11 is 0. The molecular formula is C5H12N2O. The molecule has 1 saturated heterocycles. The summed E-state index contributed by atoms with van der Waals surface area (Å²) in [6.07, 6.45) is 1.75. The van der Waals surface area contributed by atoms with Gasteiger partial charge in [0.2, 0.25) is 0 Å². The largest absolute Gasteiger partial charge is 0.392 e. The highest BCUT2D eigenvalue weighted by atomic mass is 16.3. The van der Waals surface area contributed by atoms with Gasteiger partial charge >= 0.3 is 0 Å². The Morgan fingerprint density at radius 1 is 1.62 bits per heavy atom. The Morgan fingerprint density at radius 2 is 2.38 bits per heavy atom. The fourth-order valence-electron chi connectivity index (χ4n) is 0.983. The van der Waals surface area contributed by atoms with Crippen molar-refractivity contribution in [3.8, 4) is 0 Å². The number of hydrogen-bond donors (Lipinski definition) is 2. The van der Waals surface area contributed by atoms with Gasteiger partial charge in [0.15, 0.2) is 0 Å². The summed E-state index contributed by atoms with van der Waals surface area (Å²) in [7, 11) is 0. The van der Waals surface area contributed by atoms with E-state index in [9.17, 15) is 0 Å². The van der Waals surface area contributed by atoms with Crippen molar-refractivity contribution < 1.29 is 5.11 Å². The zero-order chi connectivity index (χ0) is 5.98. The first-order valence-electron chi connectivity index (χ1n) is 2.97. The summed E-state index contributed by atoms with van der Waals surface area (Å²) < 4.78 is 0. The molecule has 0 amide bonds. The van der Waals surface area contributed by atoms with Crippen LogP contribution in [0.5, 0.6) is 0 Å². The highest BCUT2D eigenvalue weighted by Gasteiger charge is 2.13. The molecule has 8 heavy (non-hydrogen) atoms. The molecule has 1 atom stereocenters. The van der Waals surface area contributed by atoms with Gasteiger partial charge in [-0.1, -0.05) is 0 Å². The van der Waals surface area contributed by atoms with E-state index in [0.29, 0.717) is 6.54 Å². The molecule has 3 N–H and O–H groups in total. The Balaban J connectivity index is 2.23. The number of nitrogens with two attached hydrogens (primary N) is 1. The minimum Gasteiger partial charge on any atom is -0.392 e. The second-order valence-corrected chi connectivity index (χ2v) is 2.29. The van der Waals surface area contributed by atoms with Crippen LogP contribution in [0.1, 0.15) is 12.8 Å². The van der Waals surface area contributed by atoms with Crippen LogP contribution in [0.2, 0.25) is 0 Å². The number of rotatable bonds is 0. The van der Waals surface area contributed by atoms with E-state index in [1.54, 1.807) is 5.01 Å². The molecule has 0 aromatic rings. The average Bonchev–Trinajstić information content (AvgIpc) is 1.64. The molecule has 48 valence electrons. The maximum absolute atomic E-state index is 8.96. The first-order chi connectivity index (χ1) is 3.79. The first-order valence-corrected chi connectivity index (χ1v) is 2.97. The van der Waals surface area contributed by atoms with E-state index in [4.69, 9.17) is 10.9 Å². The van der Waals surface area contributed by atoms with Crippen molar-refractivity contribution in [1.82, 2.24) is 5.01 Å². The SMILES string of the molecule is NN1CCC[C@H](O)C1. The third-order valence-corrected chi connectivity index (χ3v) is 1.43. The molecular weight excluding hydrogens is 104 g/mol. The number of hydrogen-bond acceptors (Lipinski definition) is 3. The van der Waals surface area contributed by atoms with Gasteiger partial charge in [0.1, 0.15) is 0 Å². The number of β-amino-alcohol motifs (C(OH)–C–C–N with tert-alkyl or cyclic N) is 1. The molecule has 1 heterocycles. The maximum Gasteiger partial charge on any atom is 0.0681 e. The molecule has 0 bridgehead atoms.